The van der Waals surface area contributed by atoms with Crippen molar-refractivity contribution >= 4 is 0 Å². The molecule has 2 atom stereocenters. The Hall–Kier alpha value is -1.26. The van der Waals surface area contributed by atoms with Crippen LogP contribution in [0.5, 0.6) is 11.5 Å². The number of methoxy groups -OCH3 is 1. The third-order valence-corrected chi connectivity index (χ3v) is 3.84. The lowest BCUT2D eigenvalue weighted by Crippen LogP contribution is -2.27. The van der Waals surface area contributed by atoms with Crippen LogP contribution >= 0.6 is 0 Å². The van der Waals surface area contributed by atoms with Crippen LogP contribution in [0.3, 0.4) is 0 Å². The van der Waals surface area contributed by atoms with Gasteiger partial charge in [-0.05, 0) is 37.8 Å². The summed E-state index contributed by atoms with van der Waals surface area (Å²) in [6, 6.07) is 5.93. The molecule has 0 spiro atoms. The Morgan fingerprint density at radius 2 is 2.14 bits per heavy atom. The van der Waals surface area contributed by atoms with E-state index in [2.05, 4.69) is 19.2 Å². The van der Waals surface area contributed by atoms with Gasteiger partial charge >= 0.3 is 0 Å². The van der Waals surface area contributed by atoms with Gasteiger partial charge in [-0.25, -0.2) is 0 Å². The van der Waals surface area contributed by atoms with Crippen LogP contribution in [0.25, 0.3) is 0 Å². The molecular formula is C17H27NO3. The maximum atomic E-state index is 9.97. The van der Waals surface area contributed by atoms with Crippen molar-refractivity contribution in [2.45, 2.75) is 51.9 Å². The Labute approximate surface area is 127 Å². The normalized spacial score (nSPS) is 21.8. The van der Waals surface area contributed by atoms with E-state index in [1.54, 1.807) is 7.11 Å². The van der Waals surface area contributed by atoms with Crippen molar-refractivity contribution in [1.29, 1.82) is 0 Å². The zero-order valence-corrected chi connectivity index (χ0v) is 13.3. The summed E-state index contributed by atoms with van der Waals surface area (Å²) in [4.78, 5) is 0. The average molecular weight is 293 g/mol. The molecule has 4 heteroatoms. The van der Waals surface area contributed by atoms with E-state index in [9.17, 15) is 5.11 Å². The number of aliphatic hydroxyl groups is 1. The molecule has 2 N–H and O–H groups in total. The first kappa shape index (κ1) is 16.1. The van der Waals surface area contributed by atoms with Gasteiger partial charge in [-0.1, -0.05) is 26.0 Å². The number of hydrogen-bond donors (Lipinski definition) is 2. The van der Waals surface area contributed by atoms with Crippen molar-refractivity contribution in [2.75, 3.05) is 13.7 Å². The second-order valence-corrected chi connectivity index (χ2v) is 6.13. The molecule has 4 nitrogen and oxygen atoms in total. The monoisotopic (exact) mass is 293 g/mol. The molecule has 1 fully saturated rings. The van der Waals surface area contributed by atoms with Gasteiger partial charge in [-0.15, -0.1) is 0 Å². The highest BCUT2D eigenvalue weighted by atomic mass is 16.5. The molecule has 21 heavy (non-hydrogen) atoms. The zero-order valence-electron chi connectivity index (χ0n) is 13.3. The van der Waals surface area contributed by atoms with Crippen molar-refractivity contribution < 1.29 is 14.6 Å². The summed E-state index contributed by atoms with van der Waals surface area (Å²) >= 11 is 0. The molecule has 2 rings (SSSR count). The Bertz CT molecular complexity index is 448. The Morgan fingerprint density at radius 1 is 1.33 bits per heavy atom. The summed E-state index contributed by atoms with van der Waals surface area (Å²) in [6.45, 7) is 6.08. The van der Waals surface area contributed by atoms with Crippen molar-refractivity contribution in [3.8, 4) is 11.5 Å². The van der Waals surface area contributed by atoms with Gasteiger partial charge in [0.2, 0.25) is 0 Å². The maximum absolute atomic E-state index is 9.97. The number of hydrogen-bond acceptors (Lipinski definition) is 4. The fourth-order valence-electron chi connectivity index (χ4n) is 2.69. The predicted molar refractivity (Wildman–Crippen MR) is 83.8 cm³/mol. The highest BCUT2D eigenvalue weighted by Gasteiger charge is 2.28. The summed E-state index contributed by atoms with van der Waals surface area (Å²) in [5.41, 5.74) is 1.08. The van der Waals surface area contributed by atoms with Gasteiger partial charge in [0.25, 0.3) is 0 Å². The molecule has 0 bridgehead atoms. The number of para-hydroxylation sites is 1. The summed E-state index contributed by atoms with van der Waals surface area (Å²) in [5, 5.41) is 13.4. The van der Waals surface area contributed by atoms with Crippen LogP contribution < -0.4 is 14.8 Å². The van der Waals surface area contributed by atoms with Crippen LogP contribution in [-0.2, 0) is 6.54 Å². The molecular weight excluding hydrogens is 266 g/mol. The van der Waals surface area contributed by atoms with E-state index in [1.165, 1.54) is 0 Å². The van der Waals surface area contributed by atoms with Crippen LogP contribution in [0.1, 0.15) is 38.7 Å². The van der Waals surface area contributed by atoms with Crippen molar-refractivity contribution in [3.63, 3.8) is 0 Å². The van der Waals surface area contributed by atoms with Crippen molar-refractivity contribution in [2.24, 2.45) is 5.92 Å². The van der Waals surface area contributed by atoms with E-state index in [-0.39, 0.29) is 12.2 Å². The van der Waals surface area contributed by atoms with E-state index in [4.69, 9.17) is 9.47 Å². The molecule has 1 aliphatic carbocycles. The SMILES string of the molecule is COc1cccc(CNCC(C)C)c1OC1CCCC1O. The van der Waals surface area contributed by atoms with Crippen molar-refractivity contribution in [3.05, 3.63) is 23.8 Å². The largest absolute Gasteiger partial charge is 0.493 e. The molecule has 118 valence electrons. The minimum atomic E-state index is -0.369. The third-order valence-electron chi connectivity index (χ3n) is 3.84. The standard InChI is InChI=1S/C17H27NO3/c1-12(2)10-18-11-13-6-4-9-16(20-3)17(13)21-15-8-5-7-14(15)19/h4,6,9,12,14-15,18-19H,5,7-8,10-11H2,1-3H3. The fourth-order valence-corrected chi connectivity index (χ4v) is 2.69. The van der Waals surface area contributed by atoms with Gasteiger partial charge in [-0.2, -0.15) is 0 Å². The lowest BCUT2D eigenvalue weighted by atomic mass is 10.1. The van der Waals surface area contributed by atoms with Crippen LogP contribution in [0, 0.1) is 5.92 Å². The molecule has 0 aromatic heterocycles. The van der Waals surface area contributed by atoms with Crippen molar-refractivity contribution in [1.82, 2.24) is 5.32 Å². The van der Waals surface area contributed by atoms with Gasteiger partial charge < -0.3 is 19.9 Å². The Kier molecular flexibility index (Phi) is 5.88. The Morgan fingerprint density at radius 3 is 2.76 bits per heavy atom. The first-order chi connectivity index (χ1) is 10.1. The number of rotatable bonds is 7. The zero-order chi connectivity index (χ0) is 15.2. The second-order valence-electron chi connectivity index (χ2n) is 6.13. The first-order valence-electron chi connectivity index (χ1n) is 7.83. The van der Waals surface area contributed by atoms with Gasteiger partial charge in [0.05, 0.1) is 13.2 Å². The molecule has 1 aromatic rings. The lowest BCUT2D eigenvalue weighted by Gasteiger charge is -2.21. The smallest absolute Gasteiger partial charge is 0.166 e. The lowest BCUT2D eigenvalue weighted by molar-refractivity contribution is 0.0579. The molecule has 1 aromatic carbocycles. The minimum Gasteiger partial charge on any atom is -0.493 e. The number of nitrogens with one attached hydrogen (secondary N) is 1. The molecule has 0 aliphatic heterocycles. The summed E-state index contributed by atoms with van der Waals surface area (Å²) in [7, 11) is 1.65. The van der Waals surface area contributed by atoms with Crippen LogP contribution in [0.15, 0.2) is 18.2 Å². The van der Waals surface area contributed by atoms with E-state index in [1.807, 2.05) is 18.2 Å². The minimum absolute atomic E-state index is 0.120. The summed E-state index contributed by atoms with van der Waals surface area (Å²) in [5.74, 6) is 2.11. The molecule has 2 unspecified atom stereocenters. The van der Waals surface area contributed by atoms with Crippen LogP contribution in [0.4, 0.5) is 0 Å². The molecule has 0 heterocycles. The van der Waals surface area contributed by atoms with E-state index < -0.39 is 0 Å². The molecule has 0 amide bonds. The summed E-state index contributed by atoms with van der Waals surface area (Å²) < 4.78 is 11.5. The highest BCUT2D eigenvalue weighted by Crippen LogP contribution is 2.34. The highest BCUT2D eigenvalue weighted by molar-refractivity contribution is 5.46. The van der Waals surface area contributed by atoms with E-state index in [0.29, 0.717) is 5.92 Å². The molecule has 0 radical (unpaired) electrons. The first-order valence-corrected chi connectivity index (χ1v) is 7.83. The second kappa shape index (κ2) is 7.66. The van der Waals surface area contributed by atoms with Gasteiger partial charge in [-0.3, -0.25) is 0 Å². The van der Waals surface area contributed by atoms with Gasteiger partial charge in [0.1, 0.15) is 6.10 Å². The summed E-state index contributed by atoms with van der Waals surface area (Å²) in [6.07, 6.45) is 2.25. The number of benzene rings is 1. The Balaban J connectivity index is 2.11. The molecule has 1 aliphatic rings. The van der Waals surface area contributed by atoms with Crippen LogP contribution in [-0.4, -0.2) is 31.0 Å². The average Bonchev–Trinajstić information content (AvgIpc) is 2.85. The van der Waals surface area contributed by atoms with Gasteiger partial charge in [0.15, 0.2) is 11.5 Å². The fraction of sp³-hybridized carbons (Fsp3) is 0.647. The van der Waals surface area contributed by atoms with Gasteiger partial charge in [0, 0.05) is 12.1 Å². The molecule has 0 saturated heterocycles. The van der Waals surface area contributed by atoms with E-state index in [0.717, 1.165) is 49.4 Å². The predicted octanol–water partition coefficient (Wildman–Crippen LogP) is 2.73. The van der Waals surface area contributed by atoms with E-state index >= 15 is 0 Å². The molecule has 1 saturated carbocycles. The number of ether oxygens (including phenoxy) is 2. The number of aliphatic hydroxyl groups excluding tert-OH is 1. The maximum Gasteiger partial charge on any atom is 0.166 e. The quantitative estimate of drug-likeness (QED) is 0.811. The third kappa shape index (κ3) is 4.35. The van der Waals surface area contributed by atoms with Crippen LogP contribution in [0.2, 0.25) is 0 Å². The topological polar surface area (TPSA) is 50.7 Å².